The molecule has 0 radical (unpaired) electrons. The average Bonchev–Trinajstić information content (AvgIpc) is 2.69. The zero-order valence-corrected chi connectivity index (χ0v) is 12.4. The van der Waals surface area contributed by atoms with Gasteiger partial charge < -0.3 is 5.73 Å². The highest BCUT2D eigenvalue weighted by molar-refractivity contribution is 9.10. The van der Waals surface area contributed by atoms with Crippen molar-refractivity contribution in [3.05, 3.63) is 55.7 Å². The quantitative estimate of drug-likeness (QED) is 0.891. The Balaban J connectivity index is 2.26. The van der Waals surface area contributed by atoms with Crippen LogP contribution in [0.1, 0.15) is 33.8 Å². The van der Waals surface area contributed by atoms with Gasteiger partial charge in [0.05, 0.1) is 6.04 Å². The fourth-order valence-corrected chi connectivity index (χ4v) is 3.35. The number of benzene rings is 1. The van der Waals surface area contributed by atoms with E-state index < -0.39 is 0 Å². The molecule has 0 spiro atoms. The fourth-order valence-electron chi connectivity index (χ4n) is 1.76. The first-order valence-electron chi connectivity index (χ1n) is 5.72. The number of hydrogen-bond donors (Lipinski definition) is 1. The van der Waals surface area contributed by atoms with Gasteiger partial charge in [0, 0.05) is 14.2 Å². The van der Waals surface area contributed by atoms with Gasteiger partial charge in [-0.15, -0.1) is 11.3 Å². The number of thiophene rings is 1. The lowest BCUT2D eigenvalue weighted by atomic mass is 10.0. The zero-order valence-electron chi connectivity index (χ0n) is 10.0. The molecule has 1 heterocycles. The highest BCUT2D eigenvalue weighted by Crippen LogP contribution is 2.32. The lowest BCUT2D eigenvalue weighted by molar-refractivity contribution is 0.891. The molecule has 0 amide bonds. The molecule has 0 fully saturated rings. The predicted octanol–water partition coefficient (Wildman–Crippen LogP) is 4.43. The number of aryl methyl sites for hydroxylation is 2. The third-order valence-electron chi connectivity index (χ3n) is 2.93. The minimum Gasteiger partial charge on any atom is -0.320 e. The Morgan fingerprint density at radius 2 is 1.94 bits per heavy atom. The summed E-state index contributed by atoms with van der Waals surface area (Å²) in [5, 5.41) is 0. The monoisotopic (exact) mass is 309 g/mol. The summed E-state index contributed by atoms with van der Waals surface area (Å²) in [7, 11) is 0. The highest BCUT2D eigenvalue weighted by Gasteiger charge is 2.12. The zero-order chi connectivity index (χ0) is 12.4. The van der Waals surface area contributed by atoms with E-state index in [0.717, 1.165) is 10.9 Å². The maximum Gasteiger partial charge on any atom is 0.0646 e. The number of rotatable bonds is 3. The van der Waals surface area contributed by atoms with Crippen LogP contribution in [0.2, 0.25) is 0 Å². The van der Waals surface area contributed by atoms with E-state index in [-0.39, 0.29) is 6.04 Å². The van der Waals surface area contributed by atoms with Crippen molar-refractivity contribution < 1.29 is 0 Å². The van der Waals surface area contributed by atoms with Crippen LogP contribution in [-0.4, -0.2) is 0 Å². The second kappa shape index (κ2) is 5.34. The third kappa shape index (κ3) is 2.79. The van der Waals surface area contributed by atoms with Gasteiger partial charge in [-0.05, 0) is 46.5 Å². The summed E-state index contributed by atoms with van der Waals surface area (Å²) >= 11 is 5.29. The molecule has 1 nitrogen and oxygen atoms in total. The number of nitrogens with two attached hydrogens (primary N) is 1. The summed E-state index contributed by atoms with van der Waals surface area (Å²) < 4.78 is 1.15. The number of halogens is 1. The van der Waals surface area contributed by atoms with Crippen LogP contribution >= 0.6 is 27.3 Å². The van der Waals surface area contributed by atoms with Crippen LogP contribution in [0.5, 0.6) is 0 Å². The van der Waals surface area contributed by atoms with Crippen molar-refractivity contribution in [2.45, 2.75) is 26.3 Å². The van der Waals surface area contributed by atoms with E-state index in [4.69, 9.17) is 5.73 Å². The average molecular weight is 310 g/mol. The molecule has 1 aromatic carbocycles. The molecule has 0 saturated carbocycles. The Labute approximate surface area is 115 Å². The normalized spacial score (nSPS) is 12.7. The molecule has 90 valence electrons. The maximum atomic E-state index is 6.28. The molecule has 2 N–H and O–H groups in total. The lowest BCUT2D eigenvalue weighted by Gasteiger charge is -2.10. The van der Waals surface area contributed by atoms with Crippen LogP contribution in [0.25, 0.3) is 0 Å². The van der Waals surface area contributed by atoms with E-state index in [1.54, 1.807) is 11.3 Å². The van der Waals surface area contributed by atoms with Crippen LogP contribution in [0, 0.1) is 6.92 Å². The Bertz CT molecular complexity index is 482. The van der Waals surface area contributed by atoms with Gasteiger partial charge in [-0.1, -0.05) is 31.2 Å². The Kier molecular flexibility index (Phi) is 4.02. The number of hydrogen-bond acceptors (Lipinski definition) is 2. The Morgan fingerprint density at radius 3 is 2.41 bits per heavy atom. The maximum absolute atomic E-state index is 6.28. The van der Waals surface area contributed by atoms with Gasteiger partial charge in [0.1, 0.15) is 0 Å². The fraction of sp³-hybridized carbons (Fsp3) is 0.286. The molecule has 1 aromatic heterocycles. The van der Waals surface area contributed by atoms with Gasteiger partial charge in [-0.25, -0.2) is 0 Å². The van der Waals surface area contributed by atoms with Crippen LogP contribution in [-0.2, 0) is 6.42 Å². The molecule has 0 saturated heterocycles. The molecule has 1 atom stereocenters. The van der Waals surface area contributed by atoms with Crippen LogP contribution in [0.4, 0.5) is 0 Å². The van der Waals surface area contributed by atoms with Crippen molar-refractivity contribution in [2.24, 2.45) is 5.73 Å². The molecule has 0 aliphatic carbocycles. The molecule has 17 heavy (non-hydrogen) atoms. The first-order chi connectivity index (χ1) is 8.11. The first-order valence-corrected chi connectivity index (χ1v) is 7.33. The second-order valence-corrected chi connectivity index (χ2v) is 6.27. The SMILES string of the molecule is CCc1ccc(C(N)c2cc(Br)c(C)s2)cc1. The van der Waals surface area contributed by atoms with E-state index in [1.165, 1.54) is 20.9 Å². The van der Waals surface area contributed by atoms with Crippen LogP contribution in [0.15, 0.2) is 34.8 Å². The molecule has 0 aliphatic heterocycles. The van der Waals surface area contributed by atoms with Crippen LogP contribution < -0.4 is 5.73 Å². The molecular formula is C14H16BrNS. The van der Waals surface area contributed by atoms with Gasteiger partial charge in [0.25, 0.3) is 0 Å². The lowest BCUT2D eigenvalue weighted by Crippen LogP contribution is -2.09. The molecule has 0 aliphatic rings. The van der Waals surface area contributed by atoms with Crippen molar-refractivity contribution in [3.8, 4) is 0 Å². The first kappa shape index (κ1) is 12.8. The van der Waals surface area contributed by atoms with Gasteiger partial charge in [0.15, 0.2) is 0 Å². The standard InChI is InChI=1S/C14H16BrNS/c1-3-10-4-6-11(7-5-10)14(16)13-8-12(15)9(2)17-13/h4-8,14H,3,16H2,1-2H3. The van der Waals surface area contributed by atoms with Gasteiger partial charge in [-0.3, -0.25) is 0 Å². The summed E-state index contributed by atoms with van der Waals surface area (Å²) in [6.45, 7) is 4.26. The third-order valence-corrected chi connectivity index (χ3v) is 5.15. The summed E-state index contributed by atoms with van der Waals surface area (Å²) in [6, 6.07) is 10.7. The Morgan fingerprint density at radius 1 is 1.29 bits per heavy atom. The van der Waals surface area contributed by atoms with Crippen molar-refractivity contribution in [2.75, 3.05) is 0 Å². The van der Waals surface area contributed by atoms with E-state index in [1.807, 2.05) is 0 Å². The second-order valence-electron chi connectivity index (χ2n) is 4.13. The van der Waals surface area contributed by atoms with E-state index in [0.29, 0.717) is 0 Å². The van der Waals surface area contributed by atoms with Crippen molar-refractivity contribution >= 4 is 27.3 Å². The van der Waals surface area contributed by atoms with Crippen molar-refractivity contribution in [1.29, 1.82) is 0 Å². The molecule has 2 rings (SSSR count). The smallest absolute Gasteiger partial charge is 0.0646 e. The summed E-state index contributed by atoms with van der Waals surface area (Å²) in [4.78, 5) is 2.49. The van der Waals surface area contributed by atoms with Crippen molar-refractivity contribution in [1.82, 2.24) is 0 Å². The van der Waals surface area contributed by atoms with Gasteiger partial charge in [-0.2, -0.15) is 0 Å². The van der Waals surface area contributed by atoms with E-state index >= 15 is 0 Å². The molecule has 3 heteroatoms. The van der Waals surface area contributed by atoms with Crippen molar-refractivity contribution in [3.63, 3.8) is 0 Å². The highest BCUT2D eigenvalue weighted by atomic mass is 79.9. The van der Waals surface area contributed by atoms with Gasteiger partial charge >= 0.3 is 0 Å². The Hall–Kier alpha value is -0.640. The van der Waals surface area contributed by atoms with Crippen LogP contribution in [0.3, 0.4) is 0 Å². The predicted molar refractivity (Wildman–Crippen MR) is 78.6 cm³/mol. The van der Waals surface area contributed by atoms with E-state index in [9.17, 15) is 0 Å². The van der Waals surface area contributed by atoms with Gasteiger partial charge in [0.2, 0.25) is 0 Å². The molecular weight excluding hydrogens is 294 g/mol. The minimum atomic E-state index is -0.0177. The molecule has 1 unspecified atom stereocenters. The molecule has 0 bridgehead atoms. The minimum absolute atomic E-state index is 0.0177. The topological polar surface area (TPSA) is 26.0 Å². The summed E-state index contributed by atoms with van der Waals surface area (Å²) in [6.07, 6.45) is 1.07. The molecule has 2 aromatic rings. The van der Waals surface area contributed by atoms with E-state index in [2.05, 4.69) is 60.1 Å². The largest absolute Gasteiger partial charge is 0.320 e. The summed E-state index contributed by atoms with van der Waals surface area (Å²) in [5.41, 5.74) is 8.81. The summed E-state index contributed by atoms with van der Waals surface area (Å²) in [5.74, 6) is 0.